The van der Waals surface area contributed by atoms with Gasteiger partial charge in [0, 0.05) is 11.4 Å². The Morgan fingerprint density at radius 3 is 2.52 bits per heavy atom. The maximum absolute atomic E-state index is 12.1. The molecule has 2 heterocycles. The zero-order chi connectivity index (χ0) is 18.9. The van der Waals surface area contributed by atoms with Gasteiger partial charge in [0.05, 0.1) is 12.6 Å². The minimum atomic E-state index is -0.316. The van der Waals surface area contributed by atoms with Crippen LogP contribution in [0.4, 0.5) is 0 Å². The van der Waals surface area contributed by atoms with Gasteiger partial charge in [-0.25, -0.2) is 0 Å². The van der Waals surface area contributed by atoms with Gasteiger partial charge in [0.15, 0.2) is 6.61 Å². The number of para-hydroxylation sites is 1. The van der Waals surface area contributed by atoms with Gasteiger partial charge in [-0.3, -0.25) is 14.5 Å². The van der Waals surface area contributed by atoms with Crippen LogP contribution < -0.4 is 15.4 Å². The van der Waals surface area contributed by atoms with E-state index >= 15 is 0 Å². The summed E-state index contributed by atoms with van der Waals surface area (Å²) in [4.78, 5) is 27.6. The third kappa shape index (κ3) is 6.08. The number of amides is 2. The first kappa shape index (κ1) is 19.4. The molecular weight excluding hydrogens is 362 g/mol. The summed E-state index contributed by atoms with van der Waals surface area (Å²) in [6, 6.07) is 13.5. The van der Waals surface area contributed by atoms with E-state index in [-0.39, 0.29) is 31.0 Å². The quantitative estimate of drug-likeness (QED) is 0.692. The third-order valence-corrected chi connectivity index (χ3v) is 5.48. The molecule has 1 saturated heterocycles. The minimum Gasteiger partial charge on any atom is -0.484 e. The first-order chi connectivity index (χ1) is 13.2. The van der Waals surface area contributed by atoms with Crippen LogP contribution in [0.25, 0.3) is 0 Å². The number of nitrogens with zero attached hydrogens (tertiary/aromatic N) is 1. The van der Waals surface area contributed by atoms with Crippen LogP contribution in [-0.4, -0.2) is 49.5 Å². The van der Waals surface area contributed by atoms with Crippen molar-refractivity contribution in [2.75, 3.05) is 32.8 Å². The molecule has 1 aromatic heterocycles. The zero-order valence-electron chi connectivity index (χ0n) is 15.2. The molecule has 0 saturated carbocycles. The standard InChI is InChI=1S/C20H25N3O3S/c24-19(14-22-20(25)15-26-16-7-2-1-3-8-16)21-13-17(18-9-6-12-27-18)23-10-4-5-11-23/h1-3,6-9,12,17H,4-5,10-11,13-15H2,(H,21,24)(H,22,25). The SMILES string of the molecule is O=C(CNC(=O)COc1ccccc1)NCC(c1cccs1)N1CCCC1. The first-order valence-electron chi connectivity index (χ1n) is 9.21. The van der Waals surface area contributed by atoms with Gasteiger partial charge in [-0.2, -0.15) is 0 Å². The molecule has 0 aliphatic carbocycles. The number of thiophene rings is 1. The molecule has 2 N–H and O–H groups in total. The number of hydrogen-bond donors (Lipinski definition) is 2. The molecule has 1 fully saturated rings. The number of ether oxygens (including phenoxy) is 1. The van der Waals surface area contributed by atoms with Gasteiger partial charge in [0.25, 0.3) is 5.91 Å². The van der Waals surface area contributed by atoms with Crippen LogP contribution in [-0.2, 0) is 9.59 Å². The van der Waals surface area contributed by atoms with Gasteiger partial charge < -0.3 is 15.4 Å². The zero-order valence-corrected chi connectivity index (χ0v) is 16.0. The normalized spacial score (nSPS) is 15.3. The number of likely N-dealkylation sites (tertiary alicyclic amines) is 1. The van der Waals surface area contributed by atoms with E-state index in [2.05, 4.69) is 27.0 Å². The van der Waals surface area contributed by atoms with Crippen molar-refractivity contribution >= 4 is 23.2 Å². The second-order valence-corrected chi connectivity index (χ2v) is 7.44. The lowest BCUT2D eigenvalue weighted by molar-refractivity contribution is -0.127. The lowest BCUT2D eigenvalue weighted by Gasteiger charge is -2.26. The molecule has 0 radical (unpaired) electrons. The van der Waals surface area contributed by atoms with E-state index in [1.807, 2.05) is 24.3 Å². The highest BCUT2D eigenvalue weighted by Gasteiger charge is 2.24. The van der Waals surface area contributed by atoms with Crippen LogP contribution in [0.5, 0.6) is 5.75 Å². The molecule has 3 rings (SSSR count). The van der Waals surface area contributed by atoms with Crippen molar-refractivity contribution in [3.63, 3.8) is 0 Å². The average molecular weight is 388 g/mol. The summed E-state index contributed by atoms with van der Waals surface area (Å²) in [5.41, 5.74) is 0. The monoisotopic (exact) mass is 387 g/mol. The highest BCUT2D eigenvalue weighted by Crippen LogP contribution is 2.27. The number of rotatable bonds is 9. The molecule has 2 aromatic rings. The summed E-state index contributed by atoms with van der Waals surface area (Å²) in [6.07, 6.45) is 2.40. The maximum atomic E-state index is 12.1. The third-order valence-electron chi connectivity index (χ3n) is 4.50. The number of nitrogens with one attached hydrogen (secondary N) is 2. The van der Waals surface area contributed by atoms with Crippen LogP contribution in [0.2, 0.25) is 0 Å². The molecule has 1 aromatic carbocycles. The molecule has 2 amide bonds. The van der Waals surface area contributed by atoms with Crippen LogP contribution >= 0.6 is 11.3 Å². The van der Waals surface area contributed by atoms with Gasteiger partial charge >= 0.3 is 0 Å². The van der Waals surface area contributed by atoms with E-state index in [9.17, 15) is 9.59 Å². The predicted octanol–water partition coefficient (Wildman–Crippen LogP) is 2.20. The summed E-state index contributed by atoms with van der Waals surface area (Å²) in [7, 11) is 0. The summed E-state index contributed by atoms with van der Waals surface area (Å²) < 4.78 is 5.37. The van der Waals surface area contributed by atoms with E-state index < -0.39 is 0 Å². The van der Waals surface area contributed by atoms with Crippen LogP contribution in [0.15, 0.2) is 47.8 Å². The van der Waals surface area contributed by atoms with E-state index in [4.69, 9.17) is 4.74 Å². The highest BCUT2D eigenvalue weighted by atomic mass is 32.1. The highest BCUT2D eigenvalue weighted by molar-refractivity contribution is 7.10. The molecule has 1 aliphatic heterocycles. The molecule has 1 aliphatic rings. The molecule has 1 atom stereocenters. The van der Waals surface area contributed by atoms with E-state index in [1.165, 1.54) is 17.7 Å². The summed E-state index contributed by atoms with van der Waals surface area (Å²) in [6.45, 7) is 2.52. The average Bonchev–Trinajstić information content (AvgIpc) is 3.40. The largest absolute Gasteiger partial charge is 0.484 e. The molecule has 6 nitrogen and oxygen atoms in total. The molecular formula is C20H25N3O3S. The number of carbonyl (C=O) groups is 2. The molecule has 0 spiro atoms. The van der Waals surface area contributed by atoms with Gasteiger partial charge in [0.2, 0.25) is 5.91 Å². The Labute approximate surface area is 163 Å². The molecule has 27 heavy (non-hydrogen) atoms. The van der Waals surface area contributed by atoms with Crippen molar-refractivity contribution in [1.29, 1.82) is 0 Å². The fourth-order valence-electron chi connectivity index (χ4n) is 3.11. The Morgan fingerprint density at radius 1 is 1.04 bits per heavy atom. The number of carbonyl (C=O) groups excluding carboxylic acids is 2. The van der Waals surface area contributed by atoms with Crippen molar-refractivity contribution in [2.45, 2.75) is 18.9 Å². The maximum Gasteiger partial charge on any atom is 0.258 e. The van der Waals surface area contributed by atoms with Gasteiger partial charge in [-0.1, -0.05) is 24.3 Å². The van der Waals surface area contributed by atoms with Crippen molar-refractivity contribution in [3.05, 3.63) is 52.7 Å². The fourth-order valence-corrected chi connectivity index (χ4v) is 3.97. The Morgan fingerprint density at radius 2 is 1.81 bits per heavy atom. The molecule has 1 unspecified atom stereocenters. The Hall–Kier alpha value is -2.38. The summed E-state index contributed by atoms with van der Waals surface area (Å²) >= 11 is 1.71. The van der Waals surface area contributed by atoms with Gasteiger partial charge in [-0.05, 0) is 49.5 Å². The van der Waals surface area contributed by atoms with Crippen molar-refractivity contribution in [3.8, 4) is 5.75 Å². The summed E-state index contributed by atoms with van der Waals surface area (Å²) in [5.74, 6) is 0.119. The topological polar surface area (TPSA) is 70.7 Å². The Kier molecular flexibility index (Phi) is 7.24. The smallest absolute Gasteiger partial charge is 0.258 e. The number of benzene rings is 1. The number of hydrogen-bond acceptors (Lipinski definition) is 5. The predicted molar refractivity (Wildman–Crippen MR) is 106 cm³/mol. The van der Waals surface area contributed by atoms with E-state index in [0.717, 1.165) is 13.1 Å². The lowest BCUT2D eigenvalue weighted by Crippen LogP contribution is -2.42. The second-order valence-electron chi connectivity index (χ2n) is 6.46. The molecule has 7 heteroatoms. The lowest BCUT2D eigenvalue weighted by atomic mass is 10.2. The van der Waals surface area contributed by atoms with E-state index in [0.29, 0.717) is 12.3 Å². The van der Waals surface area contributed by atoms with Gasteiger partial charge in [-0.15, -0.1) is 11.3 Å². The van der Waals surface area contributed by atoms with E-state index in [1.54, 1.807) is 23.5 Å². The fraction of sp³-hybridized carbons (Fsp3) is 0.400. The molecule has 0 bridgehead atoms. The summed E-state index contributed by atoms with van der Waals surface area (Å²) in [5, 5.41) is 7.60. The van der Waals surface area contributed by atoms with Gasteiger partial charge in [0.1, 0.15) is 5.75 Å². The minimum absolute atomic E-state index is 0.0475. The Bertz CT molecular complexity index is 715. The van der Waals surface area contributed by atoms with Crippen molar-refractivity contribution in [2.24, 2.45) is 0 Å². The van der Waals surface area contributed by atoms with Crippen LogP contribution in [0, 0.1) is 0 Å². The Balaban J connectivity index is 1.39. The van der Waals surface area contributed by atoms with Crippen LogP contribution in [0.1, 0.15) is 23.8 Å². The first-order valence-corrected chi connectivity index (χ1v) is 10.1. The molecule has 144 valence electrons. The van der Waals surface area contributed by atoms with Crippen molar-refractivity contribution < 1.29 is 14.3 Å². The second kappa shape index (κ2) is 10.1. The van der Waals surface area contributed by atoms with Crippen LogP contribution in [0.3, 0.4) is 0 Å². The van der Waals surface area contributed by atoms with Crippen molar-refractivity contribution in [1.82, 2.24) is 15.5 Å².